The Bertz CT molecular complexity index is 519. The smallest absolute Gasteiger partial charge is 0.242 e. The van der Waals surface area contributed by atoms with Gasteiger partial charge in [-0.25, -0.2) is 13.1 Å². The van der Waals surface area contributed by atoms with Gasteiger partial charge in [-0.3, -0.25) is 0 Å². The lowest BCUT2D eigenvalue weighted by Gasteiger charge is -2.27. The third-order valence-electron chi connectivity index (χ3n) is 3.80. The summed E-state index contributed by atoms with van der Waals surface area (Å²) in [5.74, 6) is 0. The number of rotatable bonds is 4. The van der Waals surface area contributed by atoms with Gasteiger partial charge in [-0.2, -0.15) is 0 Å². The minimum absolute atomic E-state index is 0.0127. The summed E-state index contributed by atoms with van der Waals surface area (Å²) in [4.78, 5) is 3.13. The molecule has 1 atom stereocenters. The first kappa shape index (κ1) is 13.6. The van der Waals surface area contributed by atoms with Crippen LogP contribution in [0.3, 0.4) is 0 Å². The first-order chi connectivity index (χ1) is 8.35. The van der Waals surface area contributed by atoms with Crippen molar-refractivity contribution in [1.82, 2.24) is 9.71 Å². The molecule has 1 heterocycles. The zero-order chi connectivity index (χ0) is 13.4. The van der Waals surface area contributed by atoms with E-state index in [9.17, 15) is 8.42 Å². The fourth-order valence-electron chi connectivity index (χ4n) is 2.49. The molecule has 1 aromatic heterocycles. The molecule has 1 saturated carbocycles. The fraction of sp³-hybridized carbons (Fsp3) is 0.667. The van der Waals surface area contributed by atoms with Gasteiger partial charge in [-0.1, -0.05) is 20.3 Å². The molecule has 0 aliphatic heterocycles. The van der Waals surface area contributed by atoms with Crippen molar-refractivity contribution >= 4 is 10.0 Å². The molecule has 0 radical (unpaired) electrons. The van der Waals surface area contributed by atoms with Crippen LogP contribution in [-0.2, 0) is 16.6 Å². The zero-order valence-corrected chi connectivity index (χ0v) is 11.7. The van der Waals surface area contributed by atoms with E-state index in [1.165, 1.54) is 6.20 Å². The number of sulfonamides is 1. The van der Waals surface area contributed by atoms with Gasteiger partial charge in [0.15, 0.2) is 0 Å². The summed E-state index contributed by atoms with van der Waals surface area (Å²) < 4.78 is 27.3. The Labute approximate surface area is 108 Å². The highest BCUT2D eigenvalue weighted by molar-refractivity contribution is 7.89. The molecule has 18 heavy (non-hydrogen) atoms. The van der Waals surface area contributed by atoms with Crippen molar-refractivity contribution < 1.29 is 8.42 Å². The third-order valence-corrected chi connectivity index (χ3v) is 5.25. The molecule has 1 fully saturated rings. The number of nitrogens with two attached hydrogens (primary N) is 1. The number of hydrogen-bond donors (Lipinski definition) is 3. The highest BCUT2D eigenvalue weighted by Gasteiger charge is 2.37. The number of aromatic amines is 1. The van der Waals surface area contributed by atoms with Gasteiger partial charge in [0.05, 0.1) is 4.90 Å². The Morgan fingerprint density at radius 3 is 2.78 bits per heavy atom. The van der Waals surface area contributed by atoms with Crippen LogP contribution in [0.1, 0.15) is 38.8 Å². The largest absolute Gasteiger partial charge is 0.363 e. The normalized spacial score (nSPS) is 23.4. The van der Waals surface area contributed by atoms with E-state index in [1.807, 2.05) is 0 Å². The first-order valence-electron chi connectivity index (χ1n) is 6.25. The van der Waals surface area contributed by atoms with Crippen molar-refractivity contribution in [3.63, 3.8) is 0 Å². The molecule has 0 aromatic carbocycles. The van der Waals surface area contributed by atoms with Crippen molar-refractivity contribution in [3.05, 3.63) is 18.0 Å². The van der Waals surface area contributed by atoms with Crippen molar-refractivity contribution in [1.29, 1.82) is 0 Å². The lowest BCUT2D eigenvalue weighted by atomic mass is 9.88. The summed E-state index contributed by atoms with van der Waals surface area (Å²) in [5, 5.41) is 0. The van der Waals surface area contributed by atoms with Crippen LogP contribution in [0, 0.1) is 5.41 Å². The van der Waals surface area contributed by atoms with Crippen LogP contribution in [-0.4, -0.2) is 19.4 Å². The van der Waals surface area contributed by atoms with Gasteiger partial charge < -0.3 is 10.7 Å². The molecule has 2 rings (SSSR count). The van der Waals surface area contributed by atoms with Gasteiger partial charge in [0, 0.05) is 24.5 Å². The van der Waals surface area contributed by atoms with Crippen LogP contribution < -0.4 is 10.5 Å². The van der Waals surface area contributed by atoms with Crippen LogP contribution in [0.15, 0.2) is 17.2 Å². The van der Waals surface area contributed by atoms with E-state index >= 15 is 0 Å². The summed E-state index contributed by atoms with van der Waals surface area (Å²) in [5.41, 5.74) is 6.22. The summed E-state index contributed by atoms with van der Waals surface area (Å²) in [7, 11) is -3.44. The molecule has 0 saturated heterocycles. The number of nitrogens with one attached hydrogen (secondary N) is 2. The van der Waals surface area contributed by atoms with Gasteiger partial charge in [-0.15, -0.1) is 0 Å². The van der Waals surface area contributed by atoms with Crippen molar-refractivity contribution in [2.45, 2.75) is 50.6 Å². The molecular weight excluding hydrogens is 250 g/mol. The molecule has 1 aromatic rings. The zero-order valence-electron chi connectivity index (χ0n) is 10.9. The van der Waals surface area contributed by atoms with E-state index in [2.05, 4.69) is 23.6 Å². The van der Waals surface area contributed by atoms with E-state index in [0.717, 1.165) is 25.0 Å². The van der Waals surface area contributed by atoms with E-state index in [-0.39, 0.29) is 16.4 Å². The standard InChI is InChI=1S/C12H21N3O2S/c1-12(2)5-3-4-11(12)15-18(16,17)10-6-9(7-13)14-8-10/h6,8,11,14-15H,3-5,7,13H2,1-2H3. The molecule has 102 valence electrons. The van der Waals surface area contributed by atoms with E-state index in [1.54, 1.807) is 6.07 Å². The van der Waals surface area contributed by atoms with Crippen molar-refractivity contribution in [3.8, 4) is 0 Å². The van der Waals surface area contributed by atoms with E-state index in [0.29, 0.717) is 6.54 Å². The molecule has 4 N–H and O–H groups in total. The molecule has 6 heteroatoms. The van der Waals surface area contributed by atoms with Gasteiger partial charge in [0.2, 0.25) is 10.0 Å². The second-order valence-electron chi connectivity index (χ2n) is 5.62. The second kappa shape index (κ2) is 4.68. The van der Waals surface area contributed by atoms with Crippen LogP contribution in [0.25, 0.3) is 0 Å². The Kier molecular flexibility index (Phi) is 3.53. The minimum Gasteiger partial charge on any atom is -0.363 e. The van der Waals surface area contributed by atoms with Crippen LogP contribution in [0.5, 0.6) is 0 Å². The maximum Gasteiger partial charge on any atom is 0.242 e. The van der Waals surface area contributed by atoms with Crippen molar-refractivity contribution in [2.75, 3.05) is 0 Å². The summed E-state index contributed by atoms with van der Waals surface area (Å²) in [6.07, 6.45) is 4.52. The Morgan fingerprint density at radius 2 is 2.28 bits per heavy atom. The number of H-pyrrole nitrogens is 1. The monoisotopic (exact) mass is 271 g/mol. The lowest BCUT2D eigenvalue weighted by molar-refractivity contribution is 0.313. The summed E-state index contributed by atoms with van der Waals surface area (Å²) >= 11 is 0. The lowest BCUT2D eigenvalue weighted by Crippen LogP contribution is -2.41. The van der Waals surface area contributed by atoms with Crippen LogP contribution in [0.4, 0.5) is 0 Å². The van der Waals surface area contributed by atoms with Gasteiger partial charge in [0.1, 0.15) is 0 Å². The number of hydrogen-bond acceptors (Lipinski definition) is 3. The third kappa shape index (κ3) is 2.60. The summed E-state index contributed by atoms with van der Waals surface area (Å²) in [6.45, 7) is 4.52. The first-order valence-corrected chi connectivity index (χ1v) is 7.73. The van der Waals surface area contributed by atoms with Gasteiger partial charge in [-0.05, 0) is 24.3 Å². The van der Waals surface area contributed by atoms with E-state index in [4.69, 9.17) is 5.73 Å². The van der Waals surface area contributed by atoms with E-state index < -0.39 is 10.0 Å². The molecule has 0 amide bonds. The summed E-state index contributed by atoms with van der Waals surface area (Å²) in [6, 6.07) is 1.60. The maximum absolute atomic E-state index is 12.2. The molecule has 0 spiro atoms. The predicted octanol–water partition coefficient (Wildman–Crippen LogP) is 1.33. The SMILES string of the molecule is CC1(C)CCCC1NS(=O)(=O)c1c[nH]c(CN)c1. The molecule has 1 unspecified atom stereocenters. The van der Waals surface area contributed by atoms with Crippen LogP contribution >= 0.6 is 0 Å². The Hall–Kier alpha value is -0.850. The van der Waals surface area contributed by atoms with Crippen molar-refractivity contribution in [2.24, 2.45) is 11.1 Å². The molecule has 1 aliphatic carbocycles. The average molecular weight is 271 g/mol. The minimum atomic E-state index is -3.44. The second-order valence-corrected chi connectivity index (χ2v) is 7.33. The average Bonchev–Trinajstić information content (AvgIpc) is 2.86. The molecular formula is C12H21N3O2S. The molecule has 1 aliphatic rings. The fourth-order valence-corrected chi connectivity index (χ4v) is 3.95. The maximum atomic E-state index is 12.2. The predicted molar refractivity (Wildman–Crippen MR) is 70.4 cm³/mol. The number of aromatic nitrogens is 1. The Morgan fingerprint density at radius 1 is 1.56 bits per heavy atom. The van der Waals surface area contributed by atoms with Gasteiger partial charge in [0.25, 0.3) is 0 Å². The highest BCUT2D eigenvalue weighted by Crippen LogP contribution is 2.37. The highest BCUT2D eigenvalue weighted by atomic mass is 32.2. The Balaban J connectivity index is 2.17. The van der Waals surface area contributed by atoms with Gasteiger partial charge >= 0.3 is 0 Å². The quantitative estimate of drug-likeness (QED) is 0.772. The molecule has 5 nitrogen and oxygen atoms in total. The molecule has 0 bridgehead atoms. The van der Waals surface area contributed by atoms with Crippen LogP contribution in [0.2, 0.25) is 0 Å². The topological polar surface area (TPSA) is 88.0 Å².